The minimum absolute atomic E-state index is 0.141. The third kappa shape index (κ3) is 1.99. The lowest BCUT2D eigenvalue weighted by molar-refractivity contribution is -0.142. The molecule has 3 amide bonds. The Hall–Kier alpha value is -2.21. The van der Waals surface area contributed by atoms with Crippen LogP contribution >= 0.6 is 0 Å². The molecule has 3 heterocycles. The Balaban J connectivity index is 1.83. The zero-order chi connectivity index (χ0) is 18.6. The van der Waals surface area contributed by atoms with Gasteiger partial charge in [-0.3, -0.25) is 24.6 Å². The van der Waals surface area contributed by atoms with Gasteiger partial charge in [0.05, 0.1) is 11.8 Å². The number of aryl methyl sites for hydroxylation is 1. The van der Waals surface area contributed by atoms with E-state index in [0.29, 0.717) is 6.54 Å². The summed E-state index contributed by atoms with van der Waals surface area (Å²) in [7, 11) is 0. The van der Waals surface area contributed by atoms with Crippen molar-refractivity contribution in [1.82, 2.24) is 10.2 Å². The molecule has 4 rings (SSSR count). The fraction of sp³-hybridized carbons (Fsp3) is 0.550. The molecule has 0 aliphatic carbocycles. The number of rotatable bonds is 4. The van der Waals surface area contributed by atoms with Gasteiger partial charge in [-0.1, -0.05) is 38.5 Å². The predicted molar refractivity (Wildman–Crippen MR) is 97.3 cm³/mol. The minimum atomic E-state index is -1.14. The number of carbonyl (C=O) groups is 3. The molecule has 0 aromatic heterocycles. The van der Waals surface area contributed by atoms with Crippen LogP contribution in [0.2, 0.25) is 0 Å². The number of fused-ring (bicyclic) bond motifs is 4. The largest absolute Gasteiger partial charge is 0.324 e. The second-order valence-electron chi connectivity index (χ2n) is 7.57. The molecule has 0 unspecified atom stereocenters. The van der Waals surface area contributed by atoms with E-state index in [0.717, 1.165) is 36.1 Å². The first-order valence-electron chi connectivity index (χ1n) is 9.54. The van der Waals surface area contributed by atoms with E-state index in [2.05, 4.69) is 10.6 Å². The highest BCUT2D eigenvalue weighted by molar-refractivity contribution is 6.15. The van der Waals surface area contributed by atoms with Crippen molar-refractivity contribution in [2.24, 2.45) is 11.8 Å². The van der Waals surface area contributed by atoms with Gasteiger partial charge in [-0.15, -0.1) is 0 Å². The Morgan fingerprint density at radius 3 is 2.62 bits per heavy atom. The number of nitrogens with one attached hydrogen (secondary N) is 2. The number of carbonyl (C=O) groups excluding carboxylic acids is 3. The molecular formula is C20H25N3O3. The number of para-hydroxylation sites is 1. The average molecular weight is 355 g/mol. The molecule has 1 spiro atoms. The first-order chi connectivity index (χ1) is 12.5. The highest BCUT2D eigenvalue weighted by Crippen LogP contribution is 2.53. The molecule has 3 aliphatic rings. The standard InChI is InChI=1S/C20H25N3O3/c1-4-6-10-23-17(24)14-11(3)22-20(15(14)18(23)25)13-9-7-8-12(5-2)16(13)21-19(20)26/h7-9,11,14-15,22H,4-6,10H2,1-3H3,(H,21,26)/t11-,14+,15-,20+/m0/s1. The molecule has 26 heavy (non-hydrogen) atoms. The van der Waals surface area contributed by atoms with Crippen LogP contribution in [0.3, 0.4) is 0 Å². The molecule has 1 aromatic carbocycles. The summed E-state index contributed by atoms with van der Waals surface area (Å²) in [6, 6.07) is 5.59. The molecule has 0 saturated carbocycles. The molecule has 2 fully saturated rings. The van der Waals surface area contributed by atoms with Crippen LogP contribution < -0.4 is 10.6 Å². The second-order valence-corrected chi connectivity index (χ2v) is 7.57. The van der Waals surface area contributed by atoms with E-state index < -0.39 is 17.4 Å². The average Bonchev–Trinajstić information content (AvgIpc) is 3.18. The lowest BCUT2D eigenvalue weighted by atomic mass is 9.76. The van der Waals surface area contributed by atoms with Crippen LogP contribution in [-0.4, -0.2) is 35.2 Å². The van der Waals surface area contributed by atoms with Crippen LogP contribution in [0.4, 0.5) is 5.69 Å². The van der Waals surface area contributed by atoms with Gasteiger partial charge in [-0.2, -0.15) is 0 Å². The van der Waals surface area contributed by atoms with Gasteiger partial charge in [-0.05, 0) is 25.3 Å². The fourth-order valence-electron chi connectivity index (χ4n) is 4.94. The van der Waals surface area contributed by atoms with Crippen molar-refractivity contribution in [2.75, 3.05) is 11.9 Å². The molecule has 0 radical (unpaired) electrons. The van der Waals surface area contributed by atoms with E-state index in [1.807, 2.05) is 39.0 Å². The van der Waals surface area contributed by atoms with Gasteiger partial charge in [0.15, 0.2) is 0 Å². The third-order valence-corrected chi connectivity index (χ3v) is 6.19. The molecule has 6 heteroatoms. The first-order valence-corrected chi connectivity index (χ1v) is 9.54. The van der Waals surface area contributed by atoms with Crippen LogP contribution in [0.25, 0.3) is 0 Å². The van der Waals surface area contributed by atoms with Crippen molar-refractivity contribution in [3.63, 3.8) is 0 Å². The Labute approximate surface area is 153 Å². The Bertz CT molecular complexity index is 805. The maximum Gasteiger partial charge on any atom is 0.250 e. The lowest BCUT2D eigenvalue weighted by Crippen LogP contribution is -2.52. The van der Waals surface area contributed by atoms with Gasteiger partial charge in [-0.25, -0.2) is 0 Å². The minimum Gasteiger partial charge on any atom is -0.324 e. The zero-order valence-corrected chi connectivity index (χ0v) is 15.5. The van der Waals surface area contributed by atoms with Gasteiger partial charge in [0.2, 0.25) is 17.7 Å². The van der Waals surface area contributed by atoms with Gasteiger partial charge < -0.3 is 5.32 Å². The van der Waals surface area contributed by atoms with Crippen molar-refractivity contribution in [3.05, 3.63) is 29.3 Å². The molecule has 6 nitrogen and oxygen atoms in total. The van der Waals surface area contributed by atoms with Gasteiger partial charge >= 0.3 is 0 Å². The van der Waals surface area contributed by atoms with E-state index in [9.17, 15) is 14.4 Å². The van der Waals surface area contributed by atoms with Gasteiger partial charge in [0, 0.05) is 23.8 Å². The number of imide groups is 1. The molecule has 138 valence electrons. The summed E-state index contributed by atoms with van der Waals surface area (Å²) in [6.07, 6.45) is 2.49. The molecule has 2 N–H and O–H groups in total. The van der Waals surface area contributed by atoms with Crippen LogP contribution in [0.5, 0.6) is 0 Å². The Morgan fingerprint density at radius 1 is 1.15 bits per heavy atom. The quantitative estimate of drug-likeness (QED) is 0.807. The van der Waals surface area contributed by atoms with E-state index in [1.54, 1.807) is 0 Å². The molecule has 4 atom stereocenters. The smallest absolute Gasteiger partial charge is 0.250 e. The Morgan fingerprint density at radius 2 is 1.92 bits per heavy atom. The van der Waals surface area contributed by atoms with E-state index in [4.69, 9.17) is 0 Å². The monoisotopic (exact) mass is 355 g/mol. The van der Waals surface area contributed by atoms with Gasteiger partial charge in [0.1, 0.15) is 5.54 Å². The number of anilines is 1. The van der Waals surface area contributed by atoms with E-state index in [-0.39, 0.29) is 23.8 Å². The predicted octanol–water partition coefficient (Wildman–Crippen LogP) is 1.79. The van der Waals surface area contributed by atoms with Crippen molar-refractivity contribution in [1.29, 1.82) is 0 Å². The number of likely N-dealkylation sites (tertiary alicyclic amines) is 1. The number of benzene rings is 1. The number of hydrogen-bond donors (Lipinski definition) is 2. The molecule has 3 aliphatic heterocycles. The van der Waals surface area contributed by atoms with Crippen molar-refractivity contribution < 1.29 is 14.4 Å². The highest BCUT2D eigenvalue weighted by Gasteiger charge is 2.69. The normalized spacial score (nSPS) is 32.3. The third-order valence-electron chi connectivity index (χ3n) is 6.19. The van der Waals surface area contributed by atoms with Crippen LogP contribution in [0.15, 0.2) is 18.2 Å². The van der Waals surface area contributed by atoms with Crippen molar-refractivity contribution in [2.45, 2.75) is 51.6 Å². The van der Waals surface area contributed by atoms with Crippen molar-refractivity contribution in [3.8, 4) is 0 Å². The highest BCUT2D eigenvalue weighted by atomic mass is 16.2. The summed E-state index contributed by atoms with van der Waals surface area (Å²) in [5, 5.41) is 6.34. The summed E-state index contributed by atoms with van der Waals surface area (Å²) in [6.45, 7) is 6.41. The van der Waals surface area contributed by atoms with E-state index in [1.165, 1.54) is 4.90 Å². The maximum absolute atomic E-state index is 13.2. The second kappa shape index (κ2) is 5.91. The zero-order valence-electron chi connectivity index (χ0n) is 15.5. The number of unbranched alkanes of at least 4 members (excludes halogenated alkanes) is 1. The summed E-state index contributed by atoms with van der Waals surface area (Å²) in [4.78, 5) is 40.6. The summed E-state index contributed by atoms with van der Waals surface area (Å²) in [5.41, 5.74) is 1.51. The molecule has 0 bridgehead atoms. The summed E-state index contributed by atoms with van der Waals surface area (Å²) >= 11 is 0. The maximum atomic E-state index is 13.2. The summed E-state index contributed by atoms with van der Waals surface area (Å²) < 4.78 is 0. The number of hydrogen-bond acceptors (Lipinski definition) is 4. The molecule has 1 aromatic rings. The Kier molecular flexibility index (Phi) is 3.91. The van der Waals surface area contributed by atoms with Crippen LogP contribution in [-0.2, 0) is 26.3 Å². The lowest BCUT2D eigenvalue weighted by Gasteiger charge is -2.29. The van der Waals surface area contributed by atoms with Crippen LogP contribution in [0.1, 0.15) is 44.7 Å². The van der Waals surface area contributed by atoms with E-state index >= 15 is 0 Å². The molecular weight excluding hydrogens is 330 g/mol. The van der Waals surface area contributed by atoms with Crippen molar-refractivity contribution >= 4 is 23.4 Å². The number of amides is 3. The topological polar surface area (TPSA) is 78.5 Å². The fourth-order valence-corrected chi connectivity index (χ4v) is 4.94. The first kappa shape index (κ1) is 17.2. The van der Waals surface area contributed by atoms with Crippen LogP contribution in [0, 0.1) is 11.8 Å². The number of nitrogens with zero attached hydrogens (tertiary/aromatic N) is 1. The SMILES string of the molecule is CCCCN1C(=O)[C@@H]2[C@H](C)N[C@@]3(C(=O)Nc4c(CC)cccc43)[C@@H]2C1=O. The summed E-state index contributed by atoms with van der Waals surface area (Å²) in [5.74, 6) is -1.73. The van der Waals surface area contributed by atoms with Gasteiger partial charge in [0.25, 0.3) is 0 Å². The molecule has 2 saturated heterocycles.